The summed E-state index contributed by atoms with van der Waals surface area (Å²) in [7, 11) is 17.2. The first-order chi connectivity index (χ1) is 23.0. The summed E-state index contributed by atoms with van der Waals surface area (Å²) in [5.74, 6) is 2.47. The van der Waals surface area contributed by atoms with Crippen LogP contribution in [0.25, 0.3) is 0 Å². The average molecular weight is 1010 g/mol. The molecule has 26 heteroatoms. The first kappa shape index (κ1) is 85.7. The zero-order chi connectivity index (χ0) is 41.5. The van der Waals surface area contributed by atoms with Gasteiger partial charge in [-0.1, -0.05) is 54.4 Å². The van der Waals surface area contributed by atoms with Crippen LogP contribution in [-0.2, 0) is 142 Å². The van der Waals surface area contributed by atoms with Crippen LogP contribution in [0.5, 0.6) is 0 Å². The van der Waals surface area contributed by atoms with E-state index in [9.17, 15) is 39.5 Å². The Morgan fingerprint density at radius 1 is 0.471 bits per heavy atom. The van der Waals surface area contributed by atoms with Gasteiger partial charge < -0.3 is 13.8 Å². The Labute approximate surface area is 377 Å². The molecule has 0 nitrogen and oxygen atoms in total. The minimum Gasteiger partial charge on any atom is -0.343 e. The molecule has 0 aliphatic carbocycles. The van der Waals surface area contributed by atoms with Gasteiger partial charge in [-0.3, -0.25) is 0 Å². The van der Waals surface area contributed by atoms with Crippen LogP contribution in [0.1, 0.15) is 102 Å². The van der Waals surface area contributed by atoms with Crippen LogP contribution in [0.4, 0.5) is 39.5 Å². The predicted molar refractivity (Wildman–Crippen MR) is 241 cm³/mol. The standard InChI is InChI=1S/C4H6F2.2C4H9.C4H6.C3H3F3.C2F4.2C2H6.2Li.S12.S3/c1-3(5)4(2)6;3*1-3-4-2;1-2(4)3(5)6;3-1(4)2(5)6;2*1-2;;;1-3-5-7-9-11-12-10-8-6-4-2;1-3-2/h1-2H3;2*1,3-4H2,2H3;1-2H3;1H3;;2*1-2H3;;;;/q;2*-1;;;;;;2*+1;;/b4-3+;;;;;;;;;;;. The molecule has 0 atom stereocenters. The molecule has 0 aromatic heterocycles. The normalized spacial score (nSPS) is 7.10. The molecule has 0 saturated heterocycles. The molecule has 0 aromatic rings. The van der Waals surface area contributed by atoms with Gasteiger partial charge in [0.05, 0.1) is 0 Å². The summed E-state index contributed by atoms with van der Waals surface area (Å²) < 4.78 is 96.1. The van der Waals surface area contributed by atoms with Crippen LogP contribution in [0.2, 0.25) is 0 Å². The molecule has 0 radical (unpaired) electrons. The van der Waals surface area contributed by atoms with Crippen LogP contribution < -0.4 is 37.7 Å². The molecule has 0 N–H and O–H groups in total. The van der Waals surface area contributed by atoms with Gasteiger partial charge in [0.15, 0.2) is 5.83 Å². The molecule has 0 bridgehead atoms. The molecule has 51 heavy (non-hydrogen) atoms. The summed E-state index contributed by atoms with van der Waals surface area (Å²) in [6.07, 6.45) is -3.50. The van der Waals surface area contributed by atoms with Gasteiger partial charge in [0.1, 0.15) is 11.7 Å². The predicted octanol–water partition coefficient (Wildman–Crippen LogP) is 6.55. The Bertz CT molecular complexity index is 1160. The monoisotopic (exact) mass is 1010 g/mol. The third kappa shape index (κ3) is 190. The summed E-state index contributed by atoms with van der Waals surface area (Å²) in [4.78, 5) is 0. The summed E-state index contributed by atoms with van der Waals surface area (Å²) in [5, 5.41) is 0. The van der Waals surface area contributed by atoms with E-state index in [0.717, 1.165) is 35.6 Å². The van der Waals surface area contributed by atoms with Crippen molar-refractivity contribution in [1.29, 1.82) is 0 Å². The van der Waals surface area contributed by atoms with Crippen molar-refractivity contribution in [2.45, 2.75) is 102 Å². The van der Waals surface area contributed by atoms with Crippen molar-refractivity contribution in [2.24, 2.45) is 0 Å². The molecule has 0 amide bonds. The van der Waals surface area contributed by atoms with Gasteiger partial charge in [-0.2, -0.15) is 39.2 Å². The minimum absolute atomic E-state index is 0. The molecule has 300 valence electrons. The van der Waals surface area contributed by atoms with Crippen LogP contribution >= 0.6 is 0 Å². The van der Waals surface area contributed by atoms with Crippen LogP contribution in [0.3, 0.4) is 0 Å². The van der Waals surface area contributed by atoms with Crippen molar-refractivity contribution < 1.29 is 77.2 Å². The average Bonchev–Trinajstić information content (AvgIpc) is 3.09. The largest absolute Gasteiger partial charge is 1.00 e. The van der Waals surface area contributed by atoms with Gasteiger partial charge in [-0.25, -0.2) is 13.2 Å². The SMILES string of the molecule is C/C(F)=C(/C)F.CC.CC.CC#CC.CC(F)=C(F)F.FC(F)=C(F)F.S=S=S.S=S=S=S=S=S=S=S=S=S=S=S.[CH2-]CCC.[CH2-]CCC.[Li+].[Li+]. The first-order valence-corrected chi connectivity index (χ1v) is 30.1. The molecule has 0 aromatic carbocycles. The summed E-state index contributed by atoms with van der Waals surface area (Å²) in [6, 6.07) is 0. The van der Waals surface area contributed by atoms with E-state index in [-0.39, 0.29) is 37.7 Å². The summed E-state index contributed by atoms with van der Waals surface area (Å²) in [5.41, 5.74) is 0. The molecule has 0 heterocycles. The van der Waals surface area contributed by atoms with E-state index < -0.39 is 35.7 Å². The second kappa shape index (κ2) is 99.1. The van der Waals surface area contributed by atoms with Crippen molar-refractivity contribution in [3.05, 3.63) is 49.6 Å². The fourth-order valence-corrected chi connectivity index (χ4v) is 22.0. The maximum atomic E-state index is 11.3. The fourth-order valence-electron chi connectivity index (χ4n) is 0.0907. The Kier molecular flexibility index (Phi) is 167. The summed E-state index contributed by atoms with van der Waals surface area (Å²) in [6.45, 7) is 25.9. The Hall–Kier alpha value is 2.64. The van der Waals surface area contributed by atoms with Crippen LogP contribution in [-0.4, -0.2) is 0 Å². The Balaban J connectivity index is -0.0000000347. The van der Waals surface area contributed by atoms with E-state index in [2.05, 4.69) is 84.3 Å². The minimum atomic E-state index is -2.91. The van der Waals surface area contributed by atoms with Gasteiger partial charge in [-0.15, -0.1) is 11.8 Å². The van der Waals surface area contributed by atoms with Gasteiger partial charge >= 0.3 is 56.0 Å². The van der Waals surface area contributed by atoms with Gasteiger partial charge in [0.25, 0.3) is 0 Å². The van der Waals surface area contributed by atoms with E-state index in [1.165, 1.54) is 30.6 Å². The Morgan fingerprint density at radius 3 is 0.686 bits per heavy atom. The molecule has 0 spiro atoms. The molecule has 0 rings (SSSR count). The van der Waals surface area contributed by atoms with Crippen molar-refractivity contribution in [3.63, 3.8) is 0 Å². The number of rotatable bonds is 2. The number of hydrogen-bond acceptors (Lipinski definition) is 4. The van der Waals surface area contributed by atoms with Gasteiger partial charge in [0.2, 0.25) is 0 Å². The fraction of sp³-hybridized carbons (Fsp3) is 0.600. The summed E-state index contributed by atoms with van der Waals surface area (Å²) >= 11 is 17.6. The first-order valence-electron chi connectivity index (χ1n) is 12.8. The van der Waals surface area contributed by atoms with Crippen LogP contribution in [0.15, 0.2) is 35.7 Å². The van der Waals surface area contributed by atoms with E-state index in [1.54, 1.807) is 71.0 Å². The van der Waals surface area contributed by atoms with Crippen molar-refractivity contribution in [1.82, 2.24) is 0 Å². The zero-order valence-corrected chi connectivity index (χ0v) is 43.0. The number of hydrogen-bond donors (Lipinski definition) is 0. The van der Waals surface area contributed by atoms with Gasteiger partial charge in [0, 0.05) is 142 Å². The second-order valence-corrected chi connectivity index (χ2v) is 24.8. The van der Waals surface area contributed by atoms with Crippen molar-refractivity contribution in [2.75, 3.05) is 0 Å². The van der Waals surface area contributed by atoms with Gasteiger partial charge in [-0.05, 0) is 34.6 Å². The number of halogens is 9. The third-order valence-corrected chi connectivity index (χ3v) is 22.1. The quantitative estimate of drug-likeness (QED) is 0.133. The Morgan fingerprint density at radius 2 is 0.627 bits per heavy atom. The second-order valence-electron chi connectivity index (χ2n) is 5.34. The van der Waals surface area contributed by atoms with E-state index >= 15 is 0 Å². The van der Waals surface area contributed by atoms with Crippen molar-refractivity contribution in [3.8, 4) is 11.8 Å². The van der Waals surface area contributed by atoms with Crippen molar-refractivity contribution >= 4 is 142 Å². The maximum Gasteiger partial charge on any atom is 1.00 e. The number of unbranched alkanes of at least 4 members (excludes halogenated alkanes) is 2. The van der Waals surface area contributed by atoms with E-state index in [1.807, 2.05) is 41.5 Å². The molecular weight excluding hydrogens is 966 g/mol. The maximum absolute atomic E-state index is 11.3. The molecule has 0 aliphatic rings. The van der Waals surface area contributed by atoms with E-state index in [4.69, 9.17) is 0 Å². The smallest absolute Gasteiger partial charge is 0.343 e. The van der Waals surface area contributed by atoms with Crippen LogP contribution in [0, 0.1) is 25.7 Å². The molecule has 0 fully saturated rings. The molecule has 0 saturated carbocycles. The van der Waals surface area contributed by atoms with E-state index in [0.29, 0.717) is 6.92 Å². The molecular formula is C25H45F9Li2S15. The molecule has 0 unspecified atom stereocenters. The third-order valence-electron chi connectivity index (χ3n) is 2.09. The molecule has 0 aliphatic heterocycles. The number of allylic oxidation sites excluding steroid dienone is 3. The topological polar surface area (TPSA) is 0 Å². The zero-order valence-electron chi connectivity index (χ0n) is 30.8.